The molecule has 0 spiro atoms. The van der Waals surface area contributed by atoms with Gasteiger partial charge in [0.25, 0.3) is 5.91 Å². The minimum absolute atomic E-state index is 0.169. The molecule has 1 atom stereocenters. The quantitative estimate of drug-likeness (QED) is 0.795. The minimum atomic E-state index is -0.939. The van der Waals surface area contributed by atoms with Crippen LogP contribution in [0.1, 0.15) is 20.9 Å². The molecule has 116 valence electrons. The van der Waals surface area contributed by atoms with Crippen molar-refractivity contribution in [2.75, 3.05) is 5.32 Å². The molecule has 0 fully saturated rings. The molecule has 3 heterocycles. The van der Waals surface area contributed by atoms with E-state index in [0.717, 1.165) is 16.9 Å². The van der Waals surface area contributed by atoms with Crippen molar-refractivity contribution < 1.29 is 9.00 Å². The van der Waals surface area contributed by atoms with E-state index in [9.17, 15) is 9.00 Å². The van der Waals surface area contributed by atoms with Gasteiger partial charge in [-0.2, -0.15) is 5.10 Å². The van der Waals surface area contributed by atoms with Gasteiger partial charge >= 0.3 is 0 Å². The summed E-state index contributed by atoms with van der Waals surface area (Å²) in [6.45, 7) is 0. The van der Waals surface area contributed by atoms with Crippen LogP contribution in [0.2, 0.25) is 0 Å². The molecule has 0 saturated carbocycles. The lowest BCUT2D eigenvalue weighted by molar-refractivity contribution is 0.102. The van der Waals surface area contributed by atoms with Gasteiger partial charge < -0.3 is 5.32 Å². The second-order valence-corrected chi connectivity index (χ2v) is 7.59. The van der Waals surface area contributed by atoms with E-state index >= 15 is 0 Å². The highest BCUT2D eigenvalue weighted by Gasteiger charge is 2.28. The summed E-state index contributed by atoms with van der Waals surface area (Å²) in [5.74, 6) is 1.33. The lowest BCUT2D eigenvalue weighted by atomic mass is 10.2. The Hall–Kier alpha value is -2.25. The lowest BCUT2D eigenvalue weighted by Crippen LogP contribution is -2.15. The number of nitrogens with one attached hydrogen (secondary N) is 1. The first-order valence-electron chi connectivity index (χ1n) is 7.08. The lowest BCUT2D eigenvalue weighted by Gasteiger charge is -2.10. The maximum atomic E-state index is 12.4. The van der Waals surface area contributed by atoms with E-state index in [2.05, 4.69) is 10.4 Å². The molecule has 3 aromatic rings. The molecule has 23 heavy (non-hydrogen) atoms. The topological polar surface area (TPSA) is 64.0 Å². The van der Waals surface area contributed by atoms with Gasteiger partial charge in [0.2, 0.25) is 0 Å². The summed E-state index contributed by atoms with van der Waals surface area (Å²) in [5, 5.41) is 9.37. The Balaban J connectivity index is 1.77. The highest BCUT2D eigenvalue weighted by molar-refractivity contribution is 7.83. The number of benzene rings is 1. The van der Waals surface area contributed by atoms with Crippen LogP contribution in [0.4, 0.5) is 5.82 Å². The van der Waals surface area contributed by atoms with Gasteiger partial charge in [-0.15, -0.1) is 11.3 Å². The van der Waals surface area contributed by atoms with Crippen molar-refractivity contribution in [1.82, 2.24) is 9.78 Å². The van der Waals surface area contributed by atoms with Crippen LogP contribution >= 0.6 is 11.3 Å². The predicted octanol–water partition coefficient (Wildman–Crippen LogP) is 2.95. The molecule has 0 bridgehead atoms. The molecule has 0 radical (unpaired) electrons. The molecule has 1 aliphatic rings. The zero-order valence-corrected chi connectivity index (χ0v) is 13.7. The third-order valence-corrected chi connectivity index (χ3v) is 5.72. The number of nitrogens with zero attached hydrogens (tertiary/aromatic N) is 2. The van der Waals surface area contributed by atoms with E-state index in [0.29, 0.717) is 22.2 Å². The van der Waals surface area contributed by atoms with Crippen molar-refractivity contribution in [1.29, 1.82) is 0 Å². The maximum absolute atomic E-state index is 12.4. The maximum Gasteiger partial charge on any atom is 0.266 e. The van der Waals surface area contributed by atoms with Crippen molar-refractivity contribution in [3.63, 3.8) is 0 Å². The minimum Gasteiger partial charge on any atom is -0.305 e. The zero-order valence-electron chi connectivity index (χ0n) is 12.1. The van der Waals surface area contributed by atoms with Gasteiger partial charge in [-0.1, -0.05) is 24.3 Å². The molecular formula is C16H13N3O2S2. The van der Waals surface area contributed by atoms with Crippen LogP contribution in [0.25, 0.3) is 5.69 Å². The molecule has 0 aliphatic carbocycles. The van der Waals surface area contributed by atoms with Crippen molar-refractivity contribution >= 4 is 33.9 Å². The van der Waals surface area contributed by atoms with Crippen LogP contribution in [0.3, 0.4) is 0 Å². The first-order valence-corrected chi connectivity index (χ1v) is 9.45. The molecule has 0 unspecified atom stereocenters. The van der Waals surface area contributed by atoms with Gasteiger partial charge in [-0.05, 0) is 23.6 Å². The molecule has 0 saturated heterocycles. The van der Waals surface area contributed by atoms with Crippen LogP contribution in [-0.4, -0.2) is 19.9 Å². The fourth-order valence-corrected chi connectivity index (χ4v) is 4.47. The number of rotatable bonds is 3. The number of aromatic nitrogens is 2. The largest absolute Gasteiger partial charge is 0.305 e. The Morgan fingerprint density at radius 1 is 1.17 bits per heavy atom. The highest BCUT2D eigenvalue weighted by Crippen LogP contribution is 2.31. The van der Waals surface area contributed by atoms with Gasteiger partial charge in [0, 0.05) is 16.4 Å². The van der Waals surface area contributed by atoms with Crippen LogP contribution in [0, 0.1) is 0 Å². The van der Waals surface area contributed by atoms with Gasteiger partial charge in [0.15, 0.2) is 0 Å². The number of carbonyl (C=O) groups is 1. The molecule has 4 rings (SSSR count). The van der Waals surface area contributed by atoms with Crippen LogP contribution in [-0.2, 0) is 22.3 Å². The van der Waals surface area contributed by atoms with E-state index in [1.165, 1.54) is 11.3 Å². The number of amides is 1. The van der Waals surface area contributed by atoms with Crippen LogP contribution in [0.15, 0.2) is 47.8 Å². The van der Waals surface area contributed by atoms with Crippen LogP contribution < -0.4 is 5.32 Å². The molecular weight excluding hydrogens is 330 g/mol. The Kier molecular flexibility index (Phi) is 3.59. The summed E-state index contributed by atoms with van der Waals surface area (Å²) in [6, 6.07) is 13.3. The van der Waals surface area contributed by atoms with Crippen molar-refractivity contribution in [2.24, 2.45) is 0 Å². The van der Waals surface area contributed by atoms with E-state index in [1.54, 1.807) is 10.7 Å². The fourth-order valence-electron chi connectivity index (χ4n) is 2.59. The third kappa shape index (κ3) is 2.62. The molecule has 1 N–H and O–H groups in total. The molecule has 2 aromatic heterocycles. The SMILES string of the molecule is O=C(Nc1c2c(nn1-c1ccccc1)C[S@](=O)C2)c1cccs1. The monoisotopic (exact) mass is 343 g/mol. The molecule has 1 amide bonds. The standard InChI is InChI=1S/C16H13N3O2S2/c20-16(14-7-4-8-22-14)17-15-12-9-23(21)10-13(12)18-19(15)11-5-2-1-3-6-11/h1-8H,9-10H2,(H,17,20)/t23-/m1/s1. The van der Waals surface area contributed by atoms with E-state index in [1.807, 2.05) is 41.8 Å². The first-order chi connectivity index (χ1) is 11.2. The van der Waals surface area contributed by atoms with E-state index in [-0.39, 0.29) is 5.91 Å². The summed E-state index contributed by atoms with van der Waals surface area (Å²) in [4.78, 5) is 13.1. The second kappa shape index (κ2) is 5.75. The average Bonchev–Trinajstić information content (AvgIpc) is 3.26. The summed E-state index contributed by atoms with van der Waals surface area (Å²) < 4.78 is 13.6. The van der Waals surface area contributed by atoms with Crippen molar-refractivity contribution in [3.05, 3.63) is 64.0 Å². The van der Waals surface area contributed by atoms with Gasteiger partial charge in [0.05, 0.1) is 27.8 Å². The van der Waals surface area contributed by atoms with Crippen molar-refractivity contribution in [2.45, 2.75) is 11.5 Å². The first kappa shape index (κ1) is 14.3. The number of thiophene rings is 1. The average molecular weight is 343 g/mol. The second-order valence-electron chi connectivity index (χ2n) is 5.18. The van der Waals surface area contributed by atoms with E-state index < -0.39 is 10.8 Å². The van der Waals surface area contributed by atoms with Crippen molar-refractivity contribution in [3.8, 4) is 5.69 Å². The van der Waals surface area contributed by atoms with Gasteiger partial charge in [-0.25, -0.2) is 4.68 Å². The zero-order chi connectivity index (χ0) is 15.8. The van der Waals surface area contributed by atoms with E-state index in [4.69, 9.17) is 0 Å². The summed E-state index contributed by atoms with van der Waals surface area (Å²) in [5.41, 5.74) is 2.54. The fraction of sp³-hybridized carbons (Fsp3) is 0.125. The Morgan fingerprint density at radius 3 is 2.74 bits per heavy atom. The van der Waals surface area contributed by atoms with Gasteiger partial charge in [0.1, 0.15) is 5.82 Å². The summed E-state index contributed by atoms with van der Waals surface area (Å²) >= 11 is 1.39. The molecule has 1 aliphatic heterocycles. The van der Waals surface area contributed by atoms with Crippen LogP contribution in [0.5, 0.6) is 0 Å². The third-order valence-electron chi connectivity index (χ3n) is 3.65. The predicted molar refractivity (Wildman–Crippen MR) is 91.4 cm³/mol. The Bertz CT molecular complexity index is 886. The van der Waals surface area contributed by atoms with Gasteiger partial charge in [-0.3, -0.25) is 9.00 Å². The summed E-state index contributed by atoms with van der Waals surface area (Å²) in [6.07, 6.45) is 0. The smallest absolute Gasteiger partial charge is 0.266 e. The number of anilines is 1. The molecule has 5 nitrogen and oxygen atoms in total. The number of carbonyl (C=O) groups excluding carboxylic acids is 1. The molecule has 1 aromatic carbocycles. The molecule has 7 heteroatoms. The number of hydrogen-bond acceptors (Lipinski definition) is 4. The Labute approximate surface area is 139 Å². The number of fused-ring (bicyclic) bond motifs is 1. The normalized spacial score (nSPS) is 16.3. The number of hydrogen-bond donors (Lipinski definition) is 1. The Morgan fingerprint density at radius 2 is 2.00 bits per heavy atom. The summed E-state index contributed by atoms with van der Waals surface area (Å²) in [7, 11) is -0.939. The number of para-hydroxylation sites is 1. The highest BCUT2D eigenvalue weighted by atomic mass is 32.2.